The number of para-hydroxylation sites is 2. The maximum atomic E-state index is 13.6. The van der Waals surface area contributed by atoms with Crippen LogP contribution in [-0.2, 0) is 17.6 Å². The first-order chi connectivity index (χ1) is 15.3. The summed E-state index contributed by atoms with van der Waals surface area (Å²) in [4.78, 5) is 23.7. The van der Waals surface area contributed by atoms with E-state index in [1.807, 2.05) is 53.4 Å². The molecule has 4 heterocycles. The molecule has 0 spiro atoms. The van der Waals surface area contributed by atoms with Crippen LogP contribution in [0.2, 0.25) is 0 Å². The van der Waals surface area contributed by atoms with Gasteiger partial charge in [0.05, 0.1) is 23.3 Å². The van der Waals surface area contributed by atoms with E-state index in [1.165, 1.54) is 10.9 Å². The Morgan fingerprint density at radius 3 is 2.68 bits per heavy atom. The van der Waals surface area contributed by atoms with Crippen molar-refractivity contribution in [2.24, 2.45) is 0 Å². The zero-order chi connectivity index (χ0) is 20.8. The molecule has 0 radical (unpaired) electrons. The van der Waals surface area contributed by atoms with E-state index in [9.17, 15) is 4.79 Å². The predicted octanol–water partition coefficient (Wildman–Crippen LogP) is 4.16. The smallest absolute Gasteiger partial charge is 0.229 e. The molecule has 31 heavy (non-hydrogen) atoms. The van der Waals surface area contributed by atoms with Gasteiger partial charge in [0.25, 0.3) is 0 Å². The van der Waals surface area contributed by atoms with Crippen LogP contribution in [0.1, 0.15) is 28.7 Å². The summed E-state index contributed by atoms with van der Waals surface area (Å²) in [7, 11) is 0. The molecule has 1 amide bonds. The lowest BCUT2D eigenvalue weighted by molar-refractivity contribution is -0.132. The maximum absolute atomic E-state index is 13.6. The van der Waals surface area contributed by atoms with E-state index in [2.05, 4.69) is 38.4 Å². The normalized spacial score (nSPS) is 16.0. The third-order valence-electron chi connectivity index (χ3n) is 6.19. The molecule has 0 aliphatic carbocycles. The second kappa shape index (κ2) is 7.09. The molecule has 152 valence electrons. The van der Waals surface area contributed by atoms with E-state index in [0.29, 0.717) is 6.54 Å². The number of amides is 1. The molecule has 6 heteroatoms. The Kier molecular flexibility index (Phi) is 4.09. The summed E-state index contributed by atoms with van der Waals surface area (Å²) in [6.07, 6.45) is 2.88. The van der Waals surface area contributed by atoms with Crippen molar-refractivity contribution in [3.05, 3.63) is 95.6 Å². The molecule has 6 rings (SSSR count). The fourth-order valence-electron chi connectivity index (χ4n) is 4.76. The Balaban J connectivity index is 1.42. The SMILES string of the molecule is O=C(Cc1[nH]nc2ccccc12)N1CCc2c([nH]c3ccccc23)[C@@H]1c1ccccn1. The van der Waals surface area contributed by atoms with Crippen LogP contribution in [0.25, 0.3) is 21.8 Å². The highest BCUT2D eigenvalue weighted by Crippen LogP contribution is 2.38. The number of rotatable bonds is 3. The minimum atomic E-state index is -0.237. The van der Waals surface area contributed by atoms with Crippen LogP contribution in [0.5, 0.6) is 0 Å². The van der Waals surface area contributed by atoms with Gasteiger partial charge in [0.15, 0.2) is 0 Å². The fraction of sp³-hybridized carbons (Fsp3) is 0.160. The monoisotopic (exact) mass is 407 g/mol. The summed E-state index contributed by atoms with van der Waals surface area (Å²) >= 11 is 0. The van der Waals surface area contributed by atoms with Crippen LogP contribution in [0, 0.1) is 0 Å². The highest BCUT2D eigenvalue weighted by Gasteiger charge is 2.35. The second-order valence-corrected chi connectivity index (χ2v) is 7.95. The third kappa shape index (κ3) is 2.91. The lowest BCUT2D eigenvalue weighted by Crippen LogP contribution is -2.41. The van der Waals surface area contributed by atoms with E-state index in [1.54, 1.807) is 6.20 Å². The van der Waals surface area contributed by atoms with Crippen molar-refractivity contribution < 1.29 is 4.79 Å². The molecule has 3 aromatic heterocycles. The summed E-state index contributed by atoms with van der Waals surface area (Å²) in [6, 6.07) is 21.9. The maximum Gasteiger partial charge on any atom is 0.229 e. The number of benzene rings is 2. The lowest BCUT2D eigenvalue weighted by atomic mass is 9.94. The van der Waals surface area contributed by atoms with Gasteiger partial charge in [-0.25, -0.2) is 0 Å². The number of aromatic nitrogens is 4. The molecular weight excluding hydrogens is 386 g/mol. The highest BCUT2D eigenvalue weighted by molar-refractivity contribution is 5.89. The molecule has 1 atom stereocenters. The van der Waals surface area contributed by atoms with E-state index in [-0.39, 0.29) is 18.4 Å². The van der Waals surface area contributed by atoms with Crippen LogP contribution in [0.3, 0.4) is 0 Å². The first-order valence-corrected chi connectivity index (χ1v) is 10.5. The van der Waals surface area contributed by atoms with Gasteiger partial charge < -0.3 is 9.88 Å². The van der Waals surface area contributed by atoms with Gasteiger partial charge >= 0.3 is 0 Å². The number of pyridine rings is 1. The summed E-state index contributed by atoms with van der Waals surface area (Å²) in [5, 5.41) is 9.62. The van der Waals surface area contributed by atoms with Crippen LogP contribution >= 0.6 is 0 Å². The van der Waals surface area contributed by atoms with Crippen LogP contribution in [0.15, 0.2) is 72.9 Å². The summed E-state index contributed by atoms with van der Waals surface area (Å²) in [5.74, 6) is 0.0642. The predicted molar refractivity (Wildman–Crippen MR) is 120 cm³/mol. The number of carbonyl (C=O) groups is 1. The summed E-state index contributed by atoms with van der Waals surface area (Å²) in [5.41, 5.74) is 6.04. The first-order valence-electron chi connectivity index (χ1n) is 10.5. The molecule has 6 nitrogen and oxygen atoms in total. The van der Waals surface area contributed by atoms with Crippen molar-refractivity contribution in [2.75, 3.05) is 6.54 Å². The largest absolute Gasteiger partial charge is 0.356 e. The van der Waals surface area contributed by atoms with Gasteiger partial charge in [-0.15, -0.1) is 0 Å². The van der Waals surface area contributed by atoms with Crippen LogP contribution in [-0.4, -0.2) is 37.5 Å². The summed E-state index contributed by atoms with van der Waals surface area (Å²) in [6.45, 7) is 0.654. The molecule has 0 saturated heterocycles. The number of nitrogens with one attached hydrogen (secondary N) is 2. The highest BCUT2D eigenvalue weighted by atomic mass is 16.2. The zero-order valence-corrected chi connectivity index (χ0v) is 16.9. The molecular formula is C25H21N5O. The van der Waals surface area contributed by atoms with Crippen molar-refractivity contribution in [1.29, 1.82) is 0 Å². The van der Waals surface area contributed by atoms with Gasteiger partial charge in [-0.05, 0) is 36.2 Å². The van der Waals surface area contributed by atoms with Gasteiger partial charge in [-0.3, -0.25) is 14.9 Å². The number of nitrogens with zero attached hydrogens (tertiary/aromatic N) is 3. The van der Waals surface area contributed by atoms with Crippen molar-refractivity contribution in [3.63, 3.8) is 0 Å². The average Bonchev–Trinajstić information content (AvgIpc) is 3.40. The fourth-order valence-corrected chi connectivity index (χ4v) is 4.76. The molecule has 1 aliphatic rings. The van der Waals surface area contributed by atoms with Crippen molar-refractivity contribution in [1.82, 2.24) is 25.1 Å². The first kappa shape index (κ1) is 17.9. The molecule has 2 N–H and O–H groups in total. The van der Waals surface area contributed by atoms with Crippen LogP contribution < -0.4 is 0 Å². The molecule has 0 fully saturated rings. The molecule has 1 aliphatic heterocycles. The van der Waals surface area contributed by atoms with Crippen LogP contribution in [0.4, 0.5) is 0 Å². The Morgan fingerprint density at radius 1 is 1.00 bits per heavy atom. The minimum Gasteiger partial charge on any atom is -0.356 e. The Bertz CT molecular complexity index is 1400. The van der Waals surface area contributed by atoms with Gasteiger partial charge in [-0.1, -0.05) is 42.5 Å². The quantitative estimate of drug-likeness (QED) is 0.472. The Hall–Kier alpha value is -3.93. The average molecular weight is 407 g/mol. The van der Waals surface area contributed by atoms with E-state index in [4.69, 9.17) is 0 Å². The van der Waals surface area contributed by atoms with Crippen molar-refractivity contribution in [3.8, 4) is 0 Å². The van der Waals surface area contributed by atoms with E-state index >= 15 is 0 Å². The standard InChI is InChI=1S/C25H21N5O/c31-23(15-22-18-8-2-4-10-20(18)28-29-22)30-14-12-17-16-7-1-3-9-19(16)27-24(17)25(30)21-11-5-6-13-26-21/h1-11,13,25,27H,12,14-15H2,(H,28,29)/t25-/m0/s1. The molecule has 0 saturated carbocycles. The summed E-state index contributed by atoms with van der Waals surface area (Å²) < 4.78 is 0. The Labute approximate surface area is 178 Å². The van der Waals surface area contributed by atoms with Crippen molar-refractivity contribution in [2.45, 2.75) is 18.9 Å². The van der Waals surface area contributed by atoms with Gasteiger partial charge in [0.2, 0.25) is 5.91 Å². The molecule has 0 bridgehead atoms. The van der Waals surface area contributed by atoms with E-state index < -0.39 is 0 Å². The number of fused-ring (bicyclic) bond motifs is 4. The molecule has 5 aromatic rings. The second-order valence-electron chi connectivity index (χ2n) is 7.95. The lowest BCUT2D eigenvalue weighted by Gasteiger charge is -2.35. The third-order valence-corrected chi connectivity index (χ3v) is 6.19. The molecule has 2 aromatic carbocycles. The van der Waals surface area contributed by atoms with Gasteiger partial charge in [0.1, 0.15) is 6.04 Å². The van der Waals surface area contributed by atoms with Gasteiger partial charge in [0, 0.05) is 34.7 Å². The van der Waals surface area contributed by atoms with Gasteiger partial charge in [-0.2, -0.15) is 5.10 Å². The minimum absolute atomic E-state index is 0.0642. The number of carbonyl (C=O) groups excluding carboxylic acids is 1. The number of aromatic amines is 2. The zero-order valence-electron chi connectivity index (χ0n) is 16.9. The topological polar surface area (TPSA) is 77.7 Å². The molecule has 0 unspecified atom stereocenters. The number of H-pyrrole nitrogens is 2. The Morgan fingerprint density at radius 2 is 1.81 bits per heavy atom. The van der Waals surface area contributed by atoms with Crippen molar-refractivity contribution >= 4 is 27.7 Å². The van der Waals surface area contributed by atoms with E-state index in [0.717, 1.165) is 39.9 Å². The number of hydrogen-bond donors (Lipinski definition) is 2. The number of hydrogen-bond acceptors (Lipinski definition) is 3.